The van der Waals surface area contributed by atoms with E-state index in [1.807, 2.05) is 42.5 Å². The standard InChI is InChI=1S/C22H19BrClN3O3S/c23-19-8-6-17(7-9-19)14-25-26-22(28)16-27(15-18-4-2-1-3-5-18)31(29,30)21-12-10-20(24)11-13-21/h1-14H,15-16H2,(H,26,28)/b25-14-. The molecule has 1 N–H and O–H groups in total. The summed E-state index contributed by atoms with van der Waals surface area (Å²) in [5.74, 6) is -0.554. The van der Waals surface area contributed by atoms with Crippen LogP contribution in [0.1, 0.15) is 11.1 Å². The molecule has 9 heteroatoms. The van der Waals surface area contributed by atoms with Crippen LogP contribution < -0.4 is 5.43 Å². The quantitative estimate of drug-likeness (QED) is 0.352. The molecule has 6 nitrogen and oxygen atoms in total. The summed E-state index contributed by atoms with van der Waals surface area (Å²) < 4.78 is 28.4. The normalized spacial score (nSPS) is 11.7. The van der Waals surface area contributed by atoms with Crippen molar-refractivity contribution in [3.8, 4) is 0 Å². The summed E-state index contributed by atoms with van der Waals surface area (Å²) in [5.41, 5.74) is 3.93. The van der Waals surface area contributed by atoms with Gasteiger partial charge < -0.3 is 0 Å². The van der Waals surface area contributed by atoms with Gasteiger partial charge in [0.25, 0.3) is 5.91 Å². The Morgan fingerprint density at radius 3 is 2.29 bits per heavy atom. The molecule has 0 aliphatic heterocycles. The number of hydrogen-bond donors (Lipinski definition) is 1. The van der Waals surface area contributed by atoms with E-state index in [9.17, 15) is 13.2 Å². The smallest absolute Gasteiger partial charge is 0.255 e. The molecule has 0 aliphatic rings. The van der Waals surface area contributed by atoms with Crippen LogP contribution in [0.2, 0.25) is 5.02 Å². The highest BCUT2D eigenvalue weighted by atomic mass is 79.9. The average Bonchev–Trinajstić information content (AvgIpc) is 2.76. The minimum absolute atomic E-state index is 0.0373. The fourth-order valence-electron chi connectivity index (χ4n) is 2.69. The zero-order valence-electron chi connectivity index (χ0n) is 16.3. The second kappa shape index (κ2) is 10.7. The Labute approximate surface area is 194 Å². The van der Waals surface area contributed by atoms with Crippen LogP contribution in [-0.2, 0) is 21.4 Å². The second-order valence-corrected chi connectivity index (χ2v) is 9.85. The first kappa shape index (κ1) is 23.1. The van der Waals surface area contributed by atoms with Crippen LogP contribution in [0.4, 0.5) is 0 Å². The molecular formula is C22H19BrClN3O3S. The molecular weight excluding hydrogens is 502 g/mol. The molecule has 3 aromatic carbocycles. The first-order chi connectivity index (χ1) is 14.8. The first-order valence-corrected chi connectivity index (χ1v) is 11.8. The molecule has 0 spiro atoms. The molecule has 0 aliphatic carbocycles. The lowest BCUT2D eigenvalue weighted by molar-refractivity contribution is -0.121. The van der Waals surface area contributed by atoms with Gasteiger partial charge in [-0.05, 0) is 47.5 Å². The molecule has 0 saturated carbocycles. The van der Waals surface area contributed by atoms with Crippen molar-refractivity contribution in [2.24, 2.45) is 5.10 Å². The van der Waals surface area contributed by atoms with Crippen molar-refractivity contribution < 1.29 is 13.2 Å². The second-order valence-electron chi connectivity index (χ2n) is 6.56. The predicted molar refractivity (Wildman–Crippen MR) is 125 cm³/mol. The Morgan fingerprint density at radius 2 is 1.65 bits per heavy atom. The van der Waals surface area contributed by atoms with Crippen molar-refractivity contribution in [3.63, 3.8) is 0 Å². The van der Waals surface area contributed by atoms with Gasteiger partial charge in [0.1, 0.15) is 0 Å². The van der Waals surface area contributed by atoms with Gasteiger partial charge in [0.2, 0.25) is 10.0 Å². The van der Waals surface area contributed by atoms with E-state index in [1.165, 1.54) is 30.5 Å². The highest BCUT2D eigenvalue weighted by Gasteiger charge is 2.26. The fourth-order valence-corrected chi connectivity index (χ4v) is 4.47. The van der Waals surface area contributed by atoms with Crippen LogP contribution in [0.15, 0.2) is 93.3 Å². The topological polar surface area (TPSA) is 78.8 Å². The predicted octanol–water partition coefficient (Wildman–Crippen LogP) is 4.44. The number of sulfonamides is 1. The van der Waals surface area contributed by atoms with Gasteiger partial charge in [0.05, 0.1) is 17.7 Å². The number of carbonyl (C=O) groups excluding carboxylic acids is 1. The summed E-state index contributed by atoms with van der Waals surface area (Å²) in [4.78, 5) is 12.5. The molecule has 0 aromatic heterocycles. The minimum Gasteiger partial charge on any atom is -0.272 e. The van der Waals surface area contributed by atoms with Crippen LogP contribution in [0, 0.1) is 0 Å². The average molecular weight is 521 g/mol. The summed E-state index contributed by atoms with van der Waals surface area (Å²) >= 11 is 9.23. The molecule has 0 radical (unpaired) electrons. The van der Waals surface area contributed by atoms with E-state index in [-0.39, 0.29) is 11.4 Å². The minimum atomic E-state index is -3.94. The number of benzene rings is 3. The number of amides is 1. The van der Waals surface area contributed by atoms with Gasteiger partial charge in [-0.15, -0.1) is 0 Å². The Kier molecular flexibility index (Phi) is 7.97. The Morgan fingerprint density at radius 1 is 1.00 bits per heavy atom. The number of halogens is 2. The van der Waals surface area contributed by atoms with Gasteiger partial charge in [0.15, 0.2) is 0 Å². The van der Waals surface area contributed by atoms with E-state index in [2.05, 4.69) is 26.5 Å². The van der Waals surface area contributed by atoms with Gasteiger partial charge in [-0.25, -0.2) is 13.8 Å². The maximum absolute atomic E-state index is 13.2. The molecule has 1 amide bonds. The lowest BCUT2D eigenvalue weighted by Crippen LogP contribution is -2.39. The summed E-state index contributed by atoms with van der Waals surface area (Å²) in [6.45, 7) is -0.354. The third-order valence-corrected chi connectivity index (χ3v) is 6.83. The third-order valence-electron chi connectivity index (χ3n) is 4.25. The zero-order chi connectivity index (χ0) is 22.3. The molecule has 3 aromatic rings. The van der Waals surface area contributed by atoms with Crippen LogP contribution in [0.25, 0.3) is 0 Å². The van der Waals surface area contributed by atoms with Crippen molar-refractivity contribution in [3.05, 3.63) is 99.5 Å². The van der Waals surface area contributed by atoms with Gasteiger partial charge >= 0.3 is 0 Å². The number of nitrogens with zero attached hydrogens (tertiary/aromatic N) is 2. The largest absolute Gasteiger partial charge is 0.272 e. The van der Waals surface area contributed by atoms with Crippen molar-refractivity contribution >= 4 is 49.7 Å². The third kappa shape index (κ3) is 6.73. The van der Waals surface area contributed by atoms with Crippen LogP contribution in [0.5, 0.6) is 0 Å². The van der Waals surface area contributed by atoms with E-state index in [0.29, 0.717) is 5.02 Å². The molecule has 0 unspecified atom stereocenters. The van der Waals surface area contributed by atoms with Crippen LogP contribution in [-0.4, -0.2) is 31.4 Å². The van der Waals surface area contributed by atoms with E-state index < -0.39 is 22.5 Å². The van der Waals surface area contributed by atoms with Crippen molar-refractivity contribution in [2.45, 2.75) is 11.4 Å². The van der Waals surface area contributed by atoms with Gasteiger partial charge in [0, 0.05) is 16.0 Å². The number of hydrogen-bond acceptors (Lipinski definition) is 4. The highest BCUT2D eigenvalue weighted by molar-refractivity contribution is 9.10. The van der Waals surface area contributed by atoms with Crippen LogP contribution in [0.3, 0.4) is 0 Å². The molecule has 0 saturated heterocycles. The molecule has 0 heterocycles. The summed E-state index contributed by atoms with van der Waals surface area (Å²) in [6.07, 6.45) is 1.49. The molecule has 0 atom stereocenters. The summed E-state index contributed by atoms with van der Waals surface area (Å²) in [6, 6.07) is 22.2. The van der Waals surface area contributed by atoms with Crippen molar-refractivity contribution in [1.29, 1.82) is 0 Å². The lowest BCUT2D eigenvalue weighted by atomic mass is 10.2. The summed E-state index contributed by atoms with van der Waals surface area (Å²) in [7, 11) is -3.94. The zero-order valence-corrected chi connectivity index (χ0v) is 19.4. The molecule has 0 bridgehead atoms. The molecule has 160 valence electrons. The fraction of sp³-hybridized carbons (Fsp3) is 0.0909. The van der Waals surface area contributed by atoms with Crippen LogP contribution >= 0.6 is 27.5 Å². The number of rotatable bonds is 8. The number of nitrogens with one attached hydrogen (secondary N) is 1. The number of hydrazone groups is 1. The lowest BCUT2D eigenvalue weighted by Gasteiger charge is -2.21. The van der Waals surface area contributed by atoms with Gasteiger partial charge in [-0.3, -0.25) is 4.79 Å². The summed E-state index contributed by atoms with van der Waals surface area (Å²) in [5, 5.41) is 4.34. The van der Waals surface area contributed by atoms with Gasteiger partial charge in [-0.2, -0.15) is 9.41 Å². The van der Waals surface area contributed by atoms with Gasteiger partial charge in [-0.1, -0.05) is 70.0 Å². The Hall–Kier alpha value is -2.52. The maximum Gasteiger partial charge on any atom is 0.255 e. The van der Waals surface area contributed by atoms with E-state index in [1.54, 1.807) is 12.1 Å². The van der Waals surface area contributed by atoms with E-state index >= 15 is 0 Å². The number of carbonyl (C=O) groups is 1. The maximum atomic E-state index is 13.2. The molecule has 31 heavy (non-hydrogen) atoms. The highest BCUT2D eigenvalue weighted by Crippen LogP contribution is 2.20. The Bertz CT molecular complexity index is 1150. The molecule has 0 fully saturated rings. The SMILES string of the molecule is O=C(CN(Cc1ccccc1)S(=O)(=O)c1ccc(Cl)cc1)N/N=C\c1ccc(Br)cc1. The van der Waals surface area contributed by atoms with E-state index in [4.69, 9.17) is 11.6 Å². The van der Waals surface area contributed by atoms with Crippen molar-refractivity contribution in [1.82, 2.24) is 9.73 Å². The monoisotopic (exact) mass is 519 g/mol. The first-order valence-electron chi connectivity index (χ1n) is 9.22. The van der Waals surface area contributed by atoms with E-state index in [0.717, 1.165) is 19.9 Å². The van der Waals surface area contributed by atoms with Crippen molar-refractivity contribution in [2.75, 3.05) is 6.54 Å². The molecule has 3 rings (SSSR count). The Balaban J connectivity index is 1.76.